The van der Waals surface area contributed by atoms with Crippen LogP contribution < -0.4 is 14.5 Å². The molecular formula is C38H40N2O5. The standard InChI is InChI=1S/C38H40N2O5/c1-26-35(37(2,3)28-17-19-31(44-4)20-18-28)34(21-22-41)45-38(26)32-15-8-9-16-33(32)39(36(38)43)24-27-11-10-14-30(23-27)40(25-42)29-12-6-5-7-13-29/h5-20,23,25-26,34-35,41H,21-22,24H2,1-4H3/t26-,34+,35-,38+/m0/s1. The number of rotatable bonds is 10. The number of fused-ring (bicyclic) bond motifs is 2. The summed E-state index contributed by atoms with van der Waals surface area (Å²) in [4.78, 5) is 30.3. The van der Waals surface area contributed by atoms with E-state index in [-0.39, 0.29) is 35.9 Å². The van der Waals surface area contributed by atoms with Crippen LogP contribution in [0.4, 0.5) is 17.1 Å². The number of aliphatic hydroxyl groups excluding tert-OH is 1. The number of anilines is 3. The Morgan fingerprint density at radius 1 is 0.956 bits per heavy atom. The van der Waals surface area contributed by atoms with E-state index in [9.17, 15) is 14.7 Å². The molecule has 0 saturated carbocycles. The summed E-state index contributed by atoms with van der Waals surface area (Å²) in [6, 6.07) is 33.2. The average Bonchev–Trinajstić information content (AvgIpc) is 3.49. The number of hydrogen-bond acceptors (Lipinski definition) is 5. The van der Waals surface area contributed by atoms with Crippen LogP contribution >= 0.6 is 0 Å². The molecule has 45 heavy (non-hydrogen) atoms. The zero-order valence-corrected chi connectivity index (χ0v) is 26.2. The van der Waals surface area contributed by atoms with E-state index in [1.165, 1.54) is 0 Å². The lowest BCUT2D eigenvalue weighted by atomic mass is 9.63. The molecule has 0 radical (unpaired) electrons. The third kappa shape index (κ3) is 5.10. The van der Waals surface area contributed by atoms with Crippen molar-refractivity contribution in [1.29, 1.82) is 0 Å². The van der Waals surface area contributed by atoms with E-state index >= 15 is 0 Å². The fourth-order valence-corrected chi connectivity index (χ4v) is 7.67. The monoisotopic (exact) mass is 604 g/mol. The van der Waals surface area contributed by atoms with Crippen molar-refractivity contribution in [2.45, 2.75) is 50.9 Å². The maximum Gasteiger partial charge on any atom is 0.264 e. The summed E-state index contributed by atoms with van der Waals surface area (Å²) in [6.45, 7) is 6.80. The SMILES string of the molecule is COc1ccc(C(C)(C)[C@@H]2[C@@H](CCO)O[C@]3(C(=O)N(Cc4cccc(N(C=O)c5ccccc5)c4)c4ccccc43)[C@H]2C)cc1. The summed E-state index contributed by atoms with van der Waals surface area (Å²) in [6.07, 6.45) is 0.892. The molecule has 2 heterocycles. The third-order valence-electron chi connectivity index (χ3n) is 9.83. The van der Waals surface area contributed by atoms with Crippen LogP contribution in [0.5, 0.6) is 5.75 Å². The van der Waals surface area contributed by atoms with Gasteiger partial charge in [-0.05, 0) is 65.4 Å². The van der Waals surface area contributed by atoms with Gasteiger partial charge in [0.25, 0.3) is 5.91 Å². The van der Waals surface area contributed by atoms with Crippen LogP contribution in [-0.4, -0.2) is 37.2 Å². The quantitative estimate of drug-likeness (QED) is 0.203. The molecule has 1 saturated heterocycles. The van der Waals surface area contributed by atoms with Gasteiger partial charge in [0, 0.05) is 35.4 Å². The lowest BCUT2D eigenvalue weighted by molar-refractivity contribution is -0.146. The molecule has 4 aromatic carbocycles. The van der Waals surface area contributed by atoms with Crippen molar-refractivity contribution in [2.24, 2.45) is 11.8 Å². The zero-order chi connectivity index (χ0) is 31.8. The van der Waals surface area contributed by atoms with Gasteiger partial charge in [0.05, 0.1) is 25.4 Å². The molecule has 0 aliphatic carbocycles. The highest BCUT2D eigenvalue weighted by molar-refractivity contribution is 6.07. The van der Waals surface area contributed by atoms with Crippen molar-refractivity contribution in [3.05, 3.63) is 120 Å². The van der Waals surface area contributed by atoms with Gasteiger partial charge < -0.3 is 19.5 Å². The number of para-hydroxylation sites is 2. The highest BCUT2D eigenvalue weighted by Gasteiger charge is 2.65. The predicted octanol–water partition coefficient (Wildman–Crippen LogP) is 6.74. The molecule has 2 aliphatic rings. The van der Waals surface area contributed by atoms with E-state index in [4.69, 9.17) is 9.47 Å². The average molecular weight is 605 g/mol. The highest BCUT2D eigenvalue weighted by atomic mass is 16.5. The number of aliphatic hydroxyl groups is 1. The summed E-state index contributed by atoms with van der Waals surface area (Å²) < 4.78 is 12.3. The Balaban J connectivity index is 1.37. The van der Waals surface area contributed by atoms with Gasteiger partial charge in [0.1, 0.15) is 5.75 Å². The summed E-state index contributed by atoms with van der Waals surface area (Å²) >= 11 is 0. The van der Waals surface area contributed by atoms with E-state index in [1.807, 2.05) is 95.9 Å². The molecule has 7 heteroatoms. The van der Waals surface area contributed by atoms with Gasteiger partial charge in [-0.15, -0.1) is 0 Å². The molecule has 0 unspecified atom stereocenters. The number of methoxy groups -OCH3 is 1. The first-order chi connectivity index (χ1) is 21.8. The van der Waals surface area contributed by atoms with Gasteiger partial charge in [-0.1, -0.05) is 81.4 Å². The van der Waals surface area contributed by atoms with Crippen molar-refractivity contribution >= 4 is 29.4 Å². The van der Waals surface area contributed by atoms with Crippen LogP contribution in [0.25, 0.3) is 0 Å². The summed E-state index contributed by atoms with van der Waals surface area (Å²) in [5.41, 5.74) is 3.60. The lowest BCUT2D eigenvalue weighted by Gasteiger charge is -2.38. The zero-order valence-electron chi connectivity index (χ0n) is 26.2. The molecule has 7 nitrogen and oxygen atoms in total. The molecule has 1 spiro atoms. The smallest absolute Gasteiger partial charge is 0.264 e. The van der Waals surface area contributed by atoms with Crippen molar-refractivity contribution in [1.82, 2.24) is 0 Å². The number of hydrogen-bond donors (Lipinski definition) is 1. The number of amides is 2. The van der Waals surface area contributed by atoms with Crippen molar-refractivity contribution in [3.8, 4) is 5.75 Å². The largest absolute Gasteiger partial charge is 0.497 e. The first-order valence-electron chi connectivity index (χ1n) is 15.5. The lowest BCUT2D eigenvalue weighted by Crippen LogP contribution is -2.45. The van der Waals surface area contributed by atoms with Crippen LogP contribution in [0, 0.1) is 11.8 Å². The van der Waals surface area contributed by atoms with Crippen LogP contribution in [-0.2, 0) is 31.9 Å². The molecule has 2 amide bonds. The Kier molecular flexibility index (Phi) is 8.25. The first kappa shape index (κ1) is 30.6. The maximum atomic E-state index is 14.8. The number of ether oxygens (including phenoxy) is 2. The van der Waals surface area contributed by atoms with Crippen LogP contribution in [0.1, 0.15) is 43.9 Å². The van der Waals surface area contributed by atoms with Crippen molar-refractivity contribution in [2.75, 3.05) is 23.5 Å². The van der Waals surface area contributed by atoms with Crippen molar-refractivity contribution < 1.29 is 24.2 Å². The second-order valence-electron chi connectivity index (χ2n) is 12.6. The normalized spacial score (nSPS) is 22.5. The van der Waals surface area contributed by atoms with Crippen LogP contribution in [0.3, 0.4) is 0 Å². The molecule has 1 N–H and O–H groups in total. The topological polar surface area (TPSA) is 79.3 Å². The van der Waals surface area contributed by atoms with E-state index in [1.54, 1.807) is 12.0 Å². The molecule has 4 aromatic rings. The first-order valence-corrected chi connectivity index (χ1v) is 15.5. The van der Waals surface area contributed by atoms with Crippen LogP contribution in [0.15, 0.2) is 103 Å². The Morgan fingerprint density at radius 3 is 2.33 bits per heavy atom. The molecule has 232 valence electrons. The molecule has 1 fully saturated rings. The van der Waals surface area contributed by atoms with Gasteiger partial charge in [-0.25, -0.2) is 0 Å². The second kappa shape index (κ2) is 12.1. The van der Waals surface area contributed by atoms with E-state index in [0.29, 0.717) is 13.0 Å². The molecule has 0 aromatic heterocycles. The molecule has 0 bridgehead atoms. The number of carbonyl (C=O) groups excluding carboxylic acids is 2. The van der Waals surface area contributed by atoms with Gasteiger partial charge in [0.2, 0.25) is 6.41 Å². The highest BCUT2D eigenvalue weighted by Crippen LogP contribution is 2.59. The third-order valence-corrected chi connectivity index (χ3v) is 9.83. The Morgan fingerprint density at radius 2 is 1.64 bits per heavy atom. The van der Waals surface area contributed by atoms with Gasteiger partial charge in [0.15, 0.2) is 5.60 Å². The van der Waals surface area contributed by atoms with Gasteiger partial charge in [-0.2, -0.15) is 0 Å². The van der Waals surface area contributed by atoms with Gasteiger partial charge in [-0.3, -0.25) is 14.5 Å². The Bertz CT molecular complexity index is 1670. The minimum absolute atomic E-state index is 0.0380. The summed E-state index contributed by atoms with van der Waals surface area (Å²) in [5, 5.41) is 10.1. The second-order valence-corrected chi connectivity index (χ2v) is 12.6. The van der Waals surface area contributed by atoms with E-state index < -0.39 is 5.60 Å². The van der Waals surface area contributed by atoms with Crippen molar-refractivity contribution in [3.63, 3.8) is 0 Å². The fourth-order valence-electron chi connectivity index (χ4n) is 7.67. The Hall–Kier alpha value is -4.46. The maximum absolute atomic E-state index is 14.8. The summed E-state index contributed by atoms with van der Waals surface area (Å²) in [5.74, 6) is 0.422. The summed E-state index contributed by atoms with van der Waals surface area (Å²) in [7, 11) is 1.65. The van der Waals surface area contributed by atoms with E-state index in [2.05, 4.69) is 32.9 Å². The number of benzene rings is 4. The number of nitrogens with zero attached hydrogens (tertiary/aromatic N) is 2. The molecule has 6 rings (SSSR count). The Labute approximate surface area is 265 Å². The predicted molar refractivity (Wildman–Crippen MR) is 176 cm³/mol. The van der Waals surface area contributed by atoms with E-state index in [0.717, 1.165) is 45.9 Å². The minimum atomic E-state index is -1.19. The minimum Gasteiger partial charge on any atom is -0.497 e. The molecular weight excluding hydrogens is 564 g/mol. The molecule has 2 aliphatic heterocycles. The van der Waals surface area contributed by atoms with Gasteiger partial charge >= 0.3 is 0 Å². The fraction of sp³-hybridized carbons (Fsp3) is 0.316. The van der Waals surface area contributed by atoms with Crippen LogP contribution in [0.2, 0.25) is 0 Å². The number of carbonyl (C=O) groups is 2. The molecule has 4 atom stereocenters.